The Balaban J connectivity index is 1.91. The molecule has 1 unspecified atom stereocenters. The Morgan fingerprint density at radius 2 is 2.25 bits per heavy atom. The van der Waals surface area contributed by atoms with Gasteiger partial charge in [0.15, 0.2) is 0 Å². The maximum Gasteiger partial charge on any atom is 0.0332 e. The zero-order valence-corrected chi connectivity index (χ0v) is 14.7. The highest BCUT2D eigenvalue weighted by atomic mass is 79.9. The summed E-state index contributed by atoms with van der Waals surface area (Å²) in [5.41, 5.74) is 1.39. The molecule has 1 aromatic carbocycles. The van der Waals surface area contributed by atoms with Crippen molar-refractivity contribution in [3.8, 4) is 0 Å². The van der Waals surface area contributed by atoms with Crippen LogP contribution in [0, 0.1) is 0 Å². The molecule has 112 valence electrons. The SMILES string of the molecule is CCNC(CCN1CCCSCC1)c1cccc(Br)c1. The zero-order valence-electron chi connectivity index (χ0n) is 12.3. The van der Waals surface area contributed by atoms with Gasteiger partial charge in [-0.3, -0.25) is 0 Å². The lowest BCUT2D eigenvalue weighted by Gasteiger charge is -2.24. The molecule has 1 atom stereocenters. The lowest BCUT2D eigenvalue weighted by molar-refractivity contribution is 0.275. The van der Waals surface area contributed by atoms with Crippen LogP contribution in [0.5, 0.6) is 0 Å². The van der Waals surface area contributed by atoms with Gasteiger partial charge in [0.2, 0.25) is 0 Å². The average molecular weight is 357 g/mol. The molecule has 1 aromatic rings. The molecule has 0 aromatic heterocycles. The van der Waals surface area contributed by atoms with Gasteiger partial charge in [-0.15, -0.1) is 0 Å². The van der Waals surface area contributed by atoms with E-state index in [0.717, 1.165) is 6.54 Å². The minimum atomic E-state index is 0.466. The molecule has 1 aliphatic heterocycles. The second kappa shape index (κ2) is 9.08. The van der Waals surface area contributed by atoms with E-state index < -0.39 is 0 Å². The molecule has 20 heavy (non-hydrogen) atoms. The largest absolute Gasteiger partial charge is 0.310 e. The number of rotatable bonds is 6. The van der Waals surface area contributed by atoms with Crippen molar-refractivity contribution in [2.45, 2.75) is 25.8 Å². The number of hydrogen-bond acceptors (Lipinski definition) is 3. The highest BCUT2D eigenvalue weighted by Crippen LogP contribution is 2.21. The molecule has 4 heteroatoms. The summed E-state index contributed by atoms with van der Waals surface area (Å²) >= 11 is 5.68. The minimum absolute atomic E-state index is 0.466. The van der Waals surface area contributed by atoms with Gasteiger partial charge in [0.05, 0.1) is 0 Å². The number of benzene rings is 1. The lowest BCUT2D eigenvalue weighted by Crippen LogP contribution is -2.31. The van der Waals surface area contributed by atoms with Gasteiger partial charge in [0.25, 0.3) is 0 Å². The Labute approximate surface area is 135 Å². The maximum absolute atomic E-state index is 3.63. The Morgan fingerprint density at radius 3 is 3.05 bits per heavy atom. The Bertz CT molecular complexity index is 392. The van der Waals surface area contributed by atoms with Crippen LogP contribution in [0.2, 0.25) is 0 Å². The Hall–Kier alpha value is -0.0300. The van der Waals surface area contributed by atoms with Crippen molar-refractivity contribution in [2.24, 2.45) is 0 Å². The minimum Gasteiger partial charge on any atom is -0.310 e. The fraction of sp³-hybridized carbons (Fsp3) is 0.625. The number of halogens is 1. The molecule has 0 radical (unpaired) electrons. The third kappa shape index (κ3) is 5.40. The molecule has 1 saturated heterocycles. The number of hydrogen-bond donors (Lipinski definition) is 1. The van der Waals surface area contributed by atoms with Crippen LogP contribution in [-0.2, 0) is 0 Å². The van der Waals surface area contributed by atoms with Gasteiger partial charge in [0, 0.05) is 22.8 Å². The molecule has 0 amide bonds. The van der Waals surface area contributed by atoms with Crippen molar-refractivity contribution < 1.29 is 0 Å². The summed E-state index contributed by atoms with van der Waals surface area (Å²) in [5, 5.41) is 3.63. The fourth-order valence-electron chi connectivity index (χ4n) is 2.69. The van der Waals surface area contributed by atoms with E-state index in [4.69, 9.17) is 0 Å². The first-order valence-electron chi connectivity index (χ1n) is 7.58. The predicted octanol–water partition coefficient (Wildman–Crippen LogP) is 3.93. The van der Waals surface area contributed by atoms with Crippen LogP contribution < -0.4 is 5.32 Å². The van der Waals surface area contributed by atoms with Crippen molar-refractivity contribution in [3.63, 3.8) is 0 Å². The number of thioether (sulfide) groups is 1. The molecule has 0 bridgehead atoms. The second-order valence-corrected chi connectivity index (χ2v) is 7.40. The van der Waals surface area contributed by atoms with Crippen molar-refractivity contribution in [3.05, 3.63) is 34.3 Å². The van der Waals surface area contributed by atoms with Crippen LogP contribution in [0.1, 0.15) is 31.4 Å². The average Bonchev–Trinajstić information content (AvgIpc) is 2.72. The van der Waals surface area contributed by atoms with E-state index in [-0.39, 0.29) is 0 Å². The summed E-state index contributed by atoms with van der Waals surface area (Å²) in [4.78, 5) is 2.63. The van der Waals surface area contributed by atoms with E-state index >= 15 is 0 Å². The van der Waals surface area contributed by atoms with Gasteiger partial charge < -0.3 is 10.2 Å². The predicted molar refractivity (Wildman–Crippen MR) is 93.6 cm³/mol. The first kappa shape index (κ1) is 16.3. The van der Waals surface area contributed by atoms with Crippen LogP contribution in [-0.4, -0.2) is 42.6 Å². The van der Waals surface area contributed by atoms with Gasteiger partial charge >= 0.3 is 0 Å². The molecule has 2 nitrogen and oxygen atoms in total. The van der Waals surface area contributed by atoms with Crippen molar-refractivity contribution in [2.75, 3.05) is 37.7 Å². The molecular formula is C16H25BrN2S. The van der Waals surface area contributed by atoms with E-state index in [1.807, 2.05) is 0 Å². The Kier molecular flexibility index (Phi) is 7.42. The first-order valence-corrected chi connectivity index (χ1v) is 9.53. The highest BCUT2D eigenvalue weighted by Gasteiger charge is 2.14. The third-order valence-electron chi connectivity index (χ3n) is 3.75. The summed E-state index contributed by atoms with van der Waals surface area (Å²) in [6.07, 6.45) is 2.53. The summed E-state index contributed by atoms with van der Waals surface area (Å²) in [6.45, 7) is 6.93. The van der Waals surface area contributed by atoms with E-state index in [0.29, 0.717) is 6.04 Å². The molecule has 1 fully saturated rings. The second-order valence-electron chi connectivity index (χ2n) is 5.26. The number of nitrogens with one attached hydrogen (secondary N) is 1. The maximum atomic E-state index is 3.63. The lowest BCUT2D eigenvalue weighted by atomic mass is 10.0. The third-order valence-corrected chi connectivity index (χ3v) is 5.29. The first-order chi connectivity index (χ1) is 9.79. The summed E-state index contributed by atoms with van der Waals surface area (Å²) < 4.78 is 1.17. The summed E-state index contributed by atoms with van der Waals surface area (Å²) in [7, 11) is 0. The van der Waals surface area contributed by atoms with E-state index in [1.165, 1.54) is 54.0 Å². The van der Waals surface area contributed by atoms with Gasteiger partial charge in [-0.1, -0.05) is 35.0 Å². The fourth-order valence-corrected chi connectivity index (χ4v) is 4.03. The topological polar surface area (TPSA) is 15.3 Å². The molecule has 1 heterocycles. The quantitative estimate of drug-likeness (QED) is 0.831. The molecule has 0 saturated carbocycles. The van der Waals surface area contributed by atoms with Gasteiger partial charge in [-0.2, -0.15) is 11.8 Å². The van der Waals surface area contributed by atoms with Crippen LogP contribution in [0.15, 0.2) is 28.7 Å². The molecule has 0 aliphatic carbocycles. The standard InChI is InChI=1S/C16H25BrN2S/c1-2-18-16(14-5-3-6-15(17)13-14)7-9-19-8-4-11-20-12-10-19/h3,5-6,13,16,18H,2,4,7-12H2,1H3. The van der Waals surface area contributed by atoms with E-state index in [1.54, 1.807) is 0 Å². The van der Waals surface area contributed by atoms with Gasteiger partial charge in [-0.25, -0.2) is 0 Å². The van der Waals surface area contributed by atoms with E-state index in [9.17, 15) is 0 Å². The molecule has 1 N–H and O–H groups in total. The van der Waals surface area contributed by atoms with Crippen molar-refractivity contribution in [1.29, 1.82) is 0 Å². The highest BCUT2D eigenvalue weighted by molar-refractivity contribution is 9.10. The normalized spacial score (nSPS) is 18.7. The number of nitrogens with zero attached hydrogens (tertiary/aromatic N) is 1. The molecule has 1 aliphatic rings. The summed E-state index contributed by atoms with van der Waals surface area (Å²) in [5.74, 6) is 2.63. The summed E-state index contributed by atoms with van der Waals surface area (Å²) in [6, 6.07) is 9.17. The molecular weight excluding hydrogens is 332 g/mol. The Morgan fingerprint density at radius 1 is 1.35 bits per heavy atom. The van der Waals surface area contributed by atoms with Gasteiger partial charge in [-0.05, 0) is 55.9 Å². The van der Waals surface area contributed by atoms with Crippen LogP contribution in [0.4, 0.5) is 0 Å². The zero-order chi connectivity index (χ0) is 14.2. The van der Waals surface area contributed by atoms with Crippen LogP contribution in [0.25, 0.3) is 0 Å². The van der Waals surface area contributed by atoms with Gasteiger partial charge in [0.1, 0.15) is 0 Å². The van der Waals surface area contributed by atoms with Crippen LogP contribution >= 0.6 is 27.7 Å². The smallest absolute Gasteiger partial charge is 0.0332 e. The van der Waals surface area contributed by atoms with Crippen molar-refractivity contribution >= 4 is 27.7 Å². The monoisotopic (exact) mass is 356 g/mol. The van der Waals surface area contributed by atoms with E-state index in [2.05, 4.69) is 69.1 Å². The molecule has 0 spiro atoms. The van der Waals surface area contributed by atoms with Crippen molar-refractivity contribution in [1.82, 2.24) is 10.2 Å². The van der Waals surface area contributed by atoms with Crippen LogP contribution in [0.3, 0.4) is 0 Å². The molecule has 2 rings (SSSR count).